The topological polar surface area (TPSA) is 30.2 Å². The van der Waals surface area contributed by atoms with Gasteiger partial charge in [0, 0.05) is 10.0 Å². The summed E-state index contributed by atoms with van der Waals surface area (Å²) in [6.45, 7) is 0. The maximum absolute atomic E-state index is 12.6. The summed E-state index contributed by atoms with van der Waals surface area (Å²) in [5, 5.41) is 0. The molecule has 0 saturated carbocycles. The highest BCUT2D eigenvalue weighted by Gasteiger charge is 2.31. The number of halogens is 4. The summed E-state index contributed by atoms with van der Waals surface area (Å²) in [6.07, 6.45) is -3.20. The minimum absolute atomic E-state index is 0.00461. The molecule has 2 aromatic rings. The molecule has 18 heavy (non-hydrogen) atoms. The first-order valence-electron chi connectivity index (χ1n) is 4.84. The fourth-order valence-corrected chi connectivity index (χ4v) is 1.84. The van der Waals surface area contributed by atoms with E-state index in [1.165, 1.54) is 24.5 Å². The van der Waals surface area contributed by atoms with Gasteiger partial charge in [-0.15, -0.1) is 0 Å². The predicted molar refractivity (Wildman–Crippen MR) is 61.3 cm³/mol. The minimum atomic E-state index is -4.49. The first kappa shape index (κ1) is 12.9. The zero-order valence-electron chi connectivity index (χ0n) is 8.79. The summed E-state index contributed by atoms with van der Waals surface area (Å²) in [7, 11) is 0. The largest absolute Gasteiger partial charge is 0.461 e. The van der Waals surface area contributed by atoms with Gasteiger partial charge in [-0.25, -0.2) is 0 Å². The van der Waals surface area contributed by atoms with Gasteiger partial charge in [-0.3, -0.25) is 4.79 Å². The maximum Gasteiger partial charge on any atom is 0.416 e. The van der Waals surface area contributed by atoms with Gasteiger partial charge in [0.05, 0.1) is 11.8 Å². The van der Waals surface area contributed by atoms with E-state index < -0.39 is 17.5 Å². The fourth-order valence-electron chi connectivity index (χ4n) is 1.42. The molecule has 0 unspecified atom stereocenters. The van der Waals surface area contributed by atoms with Crippen LogP contribution in [0.15, 0.2) is 45.5 Å². The van der Waals surface area contributed by atoms with E-state index >= 15 is 0 Å². The van der Waals surface area contributed by atoms with Gasteiger partial charge in [0.2, 0.25) is 5.78 Å². The van der Waals surface area contributed by atoms with Gasteiger partial charge in [-0.05, 0) is 30.3 Å². The van der Waals surface area contributed by atoms with Crippen molar-refractivity contribution in [2.75, 3.05) is 0 Å². The van der Waals surface area contributed by atoms with Crippen LogP contribution in [0.5, 0.6) is 0 Å². The van der Waals surface area contributed by atoms with Crippen LogP contribution in [0, 0.1) is 0 Å². The molecule has 0 N–H and O–H groups in total. The molecular formula is C12H6BrF3O2. The summed E-state index contributed by atoms with van der Waals surface area (Å²) in [4.78, 5) is 11.9. The van der Waals surface area contributed by atoms with Gasteiger partial charge < -0.3 is 4.42 Å². The molecule has 1 heterocycles. The summed E-state index contributed by atoms with van der Waals surface area (Å²) < 4.78 is 42.8. The zero-order valence-corrected chi connectivity index (χ0v) is 10.4. The SMILES string of the molecule is O=C(c1ccco1)c1cc(C(F)(F)F)ccc1Br. The Morgan fingerprint density at radius 2 is 1.94 bits per heavy atom. The molecule has 0 aliphatic carbocycles. The van der Waals surface area contributed by atoms with Crippen LogP contribution in [0.4, 0.5) is 13.2 Å². The minimum Gasteiger partial charge on any atom is -0.461 e. The van der Waals surface area contributed by atoms with Crippen molar-refractivity contribution >= 4 is 21.7 Å². The molecule has 0 spiro atoms. The second-order valence-corrected chi connectivity index (χ2v) is 4.35. The first-order chi connectivity index (χ1) is 8.39. The molecule has 2 rings (SSSR count). The molecular weight excluding hydrogens is 313 g/mol. The summed E-state index contributed by atoms with van der Waals surface area (Å²) >= 11 is 3.05. The predicted octanol–water partition coefficient (Wildman–Crippen LogP) is 4.29. The Labute approximate surface area is 109 Å². The van der Waals surface area contributed by atoms with Crippen molar-refractivity contribution < 1.29 is 22.4 Å². The molecule has 0 aliphatic rings. The van der Waals surface area contributed by atoms with Crippen LogP contribution in [0.3, 0.4) is 0 Å². The molecule has 0 radical (unpaired) electrons. The Balaban J connectivity index is 2.48. The van der Waals surface area contributed by atoms with E-state index in [1.807, 2.05) is 0 Å². The van der Waals surface area contributed by atoms with Crippen LogP contribution >= 0.6 is 15.9 Å². The summed E-state index contributed by atoms with van der Waals surface area (Å²) in [5.74, 6) is -0.604. The number of carbonyl (C=O) groups is 1. The number of hydrogen-bond donors (Lipinski definition) is 0. The number of furan rings is 1. The monoisotopic (exact) mass is 318 g/mol. The van der Waals surface area contributed by atoms with Crippen molar-refractivity contribution in [1.29, 1.82) is 0 Å². The smallest absolute Gasteiger partial charge is 0.416 e. The van der Waals surface area contributed by atoms with E-state index in [2.05, 4.69) is 15.9 Å². The molecule has 0 amide bonds. The molecule has 0 saturated heterocycles. The second kappa shape index (κ2) is 4.61. The third-order valence-electron chi connectivity index (χ3n) is 2.28. The van der Waals surface area contributed by atoms with Gasteiger partial charge in [0.15, 0.2) is 5.76 Å². The molecule has 1 aromatic carbocycles. The lowest BCUT2D eigenvalue weighted by molar-refractivity contribution is -0.137. The number of rotatable bonds is 2. The Hall–Kier alpha value is -1.56. The standard InChI is InChI=1S/C12H6BrF3O2/c13-9-4-3-7(12(14,15)16)6-8(9)11(17)10-2-1-5-18-10/h1-6H. The average Bonchev–Trinajstić information content (AvgIpc) is 2.80. The van der Waals surface area contributed by atoms with Gasteiger partial charge >= 0.3 is 6.18 Å². The van der Waals surface area contributed by atoms with Crippen molar-refractivity contribution in [2.45, 2.75) is 6.18 Å². The lowest BCUT2D eigenvalue weighted by Gasteiger charge is -2.09. The van der Waals surface area contributed by atoms with E-state index in [1.54, 1.807) is 0 Å². The number of carbonyl (C=O) groups excluding carboxylic acids is 1. The second-order valence-electron chi connectivity index (χ2n) is 3.50. The molecule has 0 bridgehead atoms. The first-order valence-corrected chi connectivity index (χ1v) is 5.64. The quantitative estimate of drug-likeness (QED) is 0.773. The third kappa shape index (κ3) is 2.48. The van der Waals surface area contributed by atoms with E-state index in [0.717, 1.165) is 12.1 Å². The van der Waals surface area contributed by atoms with Gasteiger partial charge in [0.1, 0.15) is 0 Å². The Kier molecular flexibility index (Phi) is 3.30. The van der Waals surface area contributed by atoms with E-state index in [-0.39, 0.29) is 15.8 Å². The van der Waals surface area contributed by atoms with E-state index in [4.69, 9.17) is 4.42 Å². The maximum atomic E-state index is 12.6. The van der Waals surface area contributed by atoms with Crippen molar-refractivity contribution in [3.8, 4) is 0 Å². The van der Waals surface area contributed by atoms with Crippen molar-refractivity contribution in [3.63, 3.8) is 0 Å². The van der Waals surface area contributed by atoms with Crippen LogP contribution in [0.25, 0.3) is 0 Å². The molecule has 94 valence electrons. The normalized spacial score (nSPS) is 11.6. The number of benzene rings is 1. The molecule has 0 aliphatic heterocycles. The Bertz CT molecular complexity index is 574. The van der Waals surface area contributed by atoms with E-state index in [9.17, 15) is 18.0 Å². The molecule has 2 nitrogen and oxygen atoms in total. The van der Waals surface area contributed by atoms with Crippen LogP contribution in [-0.4, -0.2) is 5.78 Å². The summed E-state index contributed by atoms with van der Waals surface area (Å²) in [6, 6.07) is 5.79. The summed E-state index contributed by atoms with van der Waals surface area (Å²) in [5.41, 5.74) is -0.958. The van der Waals surface area contributed by atoms with Gasteiger partial charge in [-0.2, -0.15) is 13.2 Å². The number of ketones is 1. The highest BCUT2D eigenvalue weighted by atomic mass is 79.9. The van der Waals surface area contributed by atoms with Crippen LogP contribution in [-0.2, 0) is 6.18 Å². The fraction of sp³-hybridized carbons (Fsp3) is 0.0833. The highest BCUT2D eigenvalue weighted by Crippen LogP contribution is 2.32. The Morgan fingerprint density at radius 1 is 1.22 bits per heavy atom. The van der Waals surface area contributed by atoms with Crippen LogP contribution < -0.4 is 0 Å². The lowest BCUT2D eigenvalue weighted by Crippen LogP contribution is -2.08. The van der Waals surface area contributed by atoms with Crippen molar-refractivity contribution in [1.82, 2.24) is 0 Å². The van der Waals surface area contributed by atoms with E-state index in [0.29, 0.717) is 0 Å². The van der Waals surface area contributed by atoms with Crippen LogP contribution in [0.1, 0.15) is 21.7 Å². The Morgan fingerprint density at radius 3 is 2.50 bits per heavy atom. The number of alkyl halides is 3. The van der Waals surface area contributed by atoms with Crippen molar-refractivity contribution in [3.05, 3.63) is 58.0 Å². The highest BCUT2D eigenvalue weighted by molar-refractivity contribution is 9.10. The van der Waals surface area contributed by atoms with Crippen LogP contribution in [0.2, 0.25) is 0 Å². The molecule has 1 aromatic heterocycles. The molecule has 0 atom stereocenters. The molecule has 0 fully saturated rings. The van der Waals surface area contributed by atoms with Crippen molar-refractivity contribution in [2.24, 2.45) is 0 Å². The van der Waals surface area contributed by atoms with Gasteiger partial charge in [-0.1, -0.05) is 15.9 Å². The lowest BCUT2D eigenvalue weighted by atomic mass is 10.1. The zero-order chi connectivity index (χ0) is 13.3. The van der Waals surface area contributed by atoms with Gasteiger partial charge in [0.25, 0.3) is 0 Å². The average molecular weight is 319 g/mol. The molecule has 6 heteroatoms. The number of hydrogen-bond acceptors (Lipinski definition) is 2. The third-order valence-corrected chi connectivity index (χ3v) is 2.97.